The molecule has 34 heavy (non-hydrogen) atoms. The summed E-state index contributed by atoms with van der Waals surface area (Å²) in [7, 11) is 0. The van der Waals surface area contributed by atoms with Gasteiger partial charge in [-0.25, -0.2) is 5.43 Å². The Morgan fingerprint density at radius 3 is 2.62 bits per heavy atom. The molecule has 10 heteroatoms. The number of carbonyl (C=O) groups excluding carboxylic acids is 1. The number of halogens is 2. The van der Waals surface area contributed by atoms with Crippen LogP contribution in [0, 0.1) is 17.0 Å². The van der Waals surface area contributed by atoms with E-state index in [0.717, 1.165) is 20.1 Å². The molecule has 1 N–H and O–H groups in total. The van der Waals surface area contributed by atoms with Crippen LogP contribution in [-0.4, -0.2) is 17.0 Å². The second-order valence-corrected chi connectivity index (χ2v) is 9.09. The Morgan fingerprint density at radius 2 is 1.91 bits per heavy atom. The SMILES string of the molecule is Cc1cccc(COc2c(Br)cc(/C=N/NC(=O)c3cc4cc([N+](=O)[O-])ccc4o3)cc2Br)c1. The summed E-state index contributed by atoms with van der Waals surface area (Å²) < 4.78 is 12.9. The third-order valence-corrected chi connectivity index (χ3v) is 5.98. The van der Waals surface area contributed by atoms with Gasteiger partial charge in [0.15, 0.2) is 5.76 Å². The zero-order valence-electron chi connectivity index (χ0n) is 17.7. The molecule has 0 radical (unpaired) electrons. The summed E-state index contributed by atoms with van der Waals surface area (Å²) >= 11 is 7.02. The molecule has 0 fully saturated rings. The first-order chi connectivity index (χ1) is 16.3. The van der Waals surface area contributed by atoms with Gasteiger partial charge in [-0.15, -0.1) is 0 Å². The zero-order valence-corrected chi connectivity index (χ0v) is 20.9. The van der Waals surface area contributed by atoms with E-state index in [0.29, 0.717) is 28.9 Å². The molecule has 3 aromatic carbocycles. The van der Waals surface area contributed by atoms with Gasteiger partial charge in [-0.1, -0.05) is 29.8 Å². The minimum absolute atomic E-state index is 0.00472. The van der Waals surface area contributed by atoms with Crippen molar-refractivity contribution < 1.29 is 18.9 Å². The number of ether oxygens (including phenoxy) is 1. The summed E-state index contributed by atoms with van der Waals surface area (Å²) in [5.74, 6) is 0.0697. The monoisotopic (exact) mass is 585 g/mol. The Bertz CT molecular complexity index is 1410. The van der Waals surface area contributed by atoms with Crippen LogP contribution in [0.25, 0.3) is 11.0 Å². The molecular weight excluding hydrogens is 570 g/mol. The topological polar surface area (TPSA) is 107 Å². The number of nitro benzene ring substituents is 1. The van der Waals surface area contributed by atoms with E-state index in [4.69, 9.17) is 9.15 Å². The first kappa shape index (κ1) is 23.7. The van der Waals surface area contributed by atoms with Crippen molar-refractivity contribution in [1.82, 2.24) is 5.43 Å². The predicted molar refractivity (Wildman–Crippen MR) is 135 cm³/mol. The Hall–Kier alpha value is -3.50. The number of non-ortho nitro benzene ring substituents is 1. The molecule has 0 aliphatic rings. The van der Waals surface area contributed by atoms with Crippen molar-refractivity contribution in [3.8, 4) is 5.75 Å². The summed E-state index contributed by atoms with van der Waals surface area (Å²) in [6.45, 7) is 2.45. The summed E-state index contributed by atoms with van der Waals surface area (Å²) in [5, 5.41) is 15.3. The number of hydrazone groups is 1. The molecule has 0 saturated carbocycles. The van der Waals surface area contributed by atoms with Crippen molar-refractivity contribution in [3.63, 3.8) is 0 Å². The Labute approximate surface area is 211 Å². The van der Waals surface area contributed by atoms with Crippen molar-refractivity contribution in [3.05, 3.63) is 102 Å². The molecule has 0 aliphatic carbocycles. The molecule has 172 valence electrons. The number of amides is 1. The first-order valence-corrected chi connectivity index (χ1v) is 11.6. The normalized spacial score (nSPS) is 11.1. The molecule has 8 nitrogen and oxygen atoms in total. The van der Waals surface area contributed by atoms with E-state index < -0.39 is 10.8 Å². The molecule has 4 rings (SSSR count). The predicted octanol–water partition coefficient (Wildman–Crippen LogP) is 6.52. The van der Waals surface area contributed by atoms with Crippen LogP contribution in [0.5, 0.6) is 5.75 Å². The van der Waals surface area contributed by atoms with Gasteiger partial charge in [0, 0.05) is 17.5 Å². The Morgan fingerprint density at radius 1 is 1.15 bits per heavy atom. The highest BCUT2D eigenvalue weighted by atomic mass is 79.9. The maximum absolute atomic E-state index is 12.4. The number of nitro groups is 1. The van der Waals surface area contributed by atoms with Gasteiger partial charge < -0.3 is 9.15 Å². The van der Waals surface area contributed by atoms with Crippen molar-refractivity contribution in [1.29, 1.82) is 0 Å². The summed E-state index contributed by atoms with van der Waals surface area (Å²) in [6, 6.07) is 17.2. The second kappa shape index (κ2) is 10.2. The van der Waals surface area contributed by atoms with Gasteiger partial charge in [-0.2, -0.15) is 5.10 Å². The molecule has 0 atom stereocenters. The third-order valence-electron chi connectivity index (χ3n) is 4.80. The van der Waals surface area contributed by atoms with E-state index in [1.165, 1.54) is 30.5 Å². The van der Waals surface area contributed by atoms with Crippen molar-refractivity contribution >= 4 is 60.6 Å². The number of aryl methyl sites for hydroxylation is 1. The molecule has 0 bridgehead atoms. The van der Waals surface area contributed by atoms with Gasteiger partial charge >= 0.3 is 5.91 Å². The lowest BCUT2D eigenvalue weighted by molar-refractivity contribution is -0.384. The summed E-state index contributed by atoms with van der Waals surface area (Å²) in [5.41, 5.74) is 5.62. The average molecular weight is 587 g/mol. The number of fused-ring (bicyclic) bond motifs is 1. The second-order valence-electron chi connectivity index (χ2n) is 7.38. The fraction of sp³-hybridized carbons (Fsp3) is 0.0833. The first-order valence-electron chi connectivity index (χ1n) is 9.99. The Kier molecular flexibility index (Phi) is 7.09. The van der Waals surface area contributed by atoms with Gasteiger partial charge in [0.2, 0.25) is 0 Å². The number of rotatable bonds is 7. The van der Waals surface area contributed by atoms with Crippen LogP contribution in [0.1, 0.15) is 27.2 Å². The van der Waals surface area contributed by atoms with Gasteiger partial charge in [-0.3, -0.25) is 14.9 Å². The van der Waals surface area contributed by atoms with Gasteiger partial charge in [-0.05, 0) is 74.2 Å². The van der Waals surface area contributed by atoms with Crippen molar-refractivity contribution in [2.45, 2.75) is 13.5 Å². The van der Waals surface area contributed by atoms with Crippen LogP contribution >= 0.6 is 31.9 Å². The van der Waals surface area contributed by atoms with Crippen LogP contribution < -0.4 is 10.2 Å². The van der Waals surface area contributed by atoms with E-state index in [2.05, 4.69) is 48.5 Å². The highest BCUT2D eigenvalue weighted by Crippen LogP contribution is 2.35. The lowest BCUT2D eigenvalue weighted by Crippen LogP contribution is -2.16. The molecule has 1 aromatic heterocycles. The molecule has 1 heterocycles. The number of nitrogens with zero attached hydrogens (tertiary/aromatic N) is 2. The van der Waals surface area contributed by atoms with Crippen LogP contribution in [0.4, 0.5) is 5.69 Å². The van der Waals surface area contributed by atoms with E-state index >= 15 is 0 Å². The zero-order chi connectivity index (χ0) is 24.2. The van der Waals surface area contributed by atoms with Crippen molar-refractivity contribution in [2.24, 2.45) is 5.10 Å². The minimum Gasteiger partial charge on any atom is -0.487 e. The highest BCUT2D eigenvalue weighted by Gasteiger charge is 2.15. The number of furan rings is 1. The summed E-state index contributed by atoms with van der Waals surface area (Å²) in [6.07, 6.45) is 1.48. The third kappa shape index (κ3) is 5.52. The maximum atomic E-state index is 12.4. The van der Waals surface area contributed by atoms with E-state index in [1.54, 1.807) is 0 Å². The molecule has 1 amide bonds. The number of carbonyl (C=O) groups is 1. The Balaban J connectivity index is 1.41. The lowest BCUT2D eigenvalue weighted by Gasteiger charge is -2.11. The summed E-state index contributed by atoms with van der Waals surface area (Å²) in [4.78, 5) is 22.8. The lowest BCUT2D eigenvalue weighted by atomic mass is 10.1. The molecule has 0 saturated heterocycles. The maximum Gasteiger partial charge on any atom is 0.307 e. The number of benzene rings is 3. The standard InChI is InChI=1S/C24H17Br2N3O5/c1-14-3-2-4-15(7-14)13-33-23-19(25)8-16(9-20(23)26)12-27-28-24(30)22-11-17-10-18(29(31)32)5-6-21(17)34-22/h2-12H,13H2,1H3,(H,28,30)/b27-12+. The van der Waals surface area contributed by atoms with E-state index in [1.807, 2.05) is 37.3 Å². The number of hydrogen-bond acceptors (Lipinski definition) is 6. The fourth-order valence-corrected chi connectivity index (χ4v) is 4.68. The van der Waals surface area contributed by atoms with Crippen molar-refractivity contribution in [2.75, 3.05) is 0 Å². The smallest absolute Gasteiger partial charge is 0.307 e. The fourth-order valence-electron chi connectivity index (χ4n) is 3.23. The van der Waals surface area contributed by atoms with E-state index in [9.17, 15) is 14.9 Å². The van der Waals surface area contributed by atoms with Gasteiger partial charge in [0.05, 0.1) is 20.1 Å². The van der Waals surface area contributed by atoms with Gasteiger partial charge in [0.1, 0.15) is 17.9 Å². The average Bonchev–Trinajstić information content (AvgIpc) is 3.22. The number of hydrogen-bond donors (Lipinski definition) is 1. The molecule has 4 aromatic rings. The highest BCUT2D eigenvalue weighted by molar-refractivity contribution is 9.11. The van der Waals surface area contributed by atoms with Crippen LogP contribution in [-0.2, 0) is 6.61 Å². The molecule has 0 spiro atoms. The van der Waals surface area contributed by atoms with Crippen LogP contribution in [0.3, 0.4) is 0 Å². The van der Waals surface area contributed by atoms with Crippen LogP contribution in [0.15, 0.2) is 79.1 Å². The largest absolute Gasteiger partial charge is 0.487 e. The quantitative estimate of drug-likeness (QED) is 0.151. The van der Waals surface area contributed by atoms with E-state index in [-0.39, 0.29) is 11.4 Å². The minimum atomic E-state index is -0.577. The molecule has 0 aliphatic heterocycles. The molecular formula is C24H17Br2N3O5. The van der Waals surface area contributed by atoms with Crippen LogP contribution in [0.2, 0.25) is 0 Å². The number of nitrogens with one attached hydrogen (secondary N) is 1. The van der Waals surface area contributed by atoms with Gasteiger partial charge in [0.25, 0.3) is 5.69 Å². The molecule has 0 unspecified atom stereocenters.